The lowest BCUT2D eigenvalue weighted by Gasteiger charge is -2.43. The second-order valence-corrected chi connectivity index (χ2v) is 9.12. The number of likely N-dealkylation sites (tertiary alicyclic amines) is 1. The van der Waals surface area contributed by atoms with Crippen LogP contribution in [0.2, 0.25) is 0 Å². The van der Waals surface area contributed by atoms with E-state index in [2.05, 4.69) is 4.74 Å². The number of nitrogens with zero attached hydrogens (tertiary/aromatic N) is 2. The van der Waals surface area contributed by atoms with E-state index in [-0.39, 0.29) is 40.6 Å². The number of ether oxygens (including phenoxy) is 1. The zero-order valence-corrected chi connectivity index (χ0v) is 18.2. The van der Waals surface area contributed by atoms with Crippen molar-refractivity contribution < 1.29 is 32.6 Å². The van der Waals surface area contributed by atoms with Crippen molar-refractivity contribution in [3.05, 3.63) is 52.4 Å². The van der Waals surface area contributed by atoms with Crippen LogP contribution in [0.4, 0.5) is 13.2 Å². The van der Waals surface area contributed by atoms with Gasteiger partial charge in [0.25, 0.3) is 5.56 Å². The zero-order chi connectivity index (χ0) is 23.8. The van der Waals surface area contributed by atoms with E-state index in [0.717, 1.165) is 29.4 Å². The molecule has 1 amide bonds. The Kier molecular flexibility index (Phi) is 6.42. The molecule has 1 fully saturated rings. The number of carboxylic acids is 1. The van der Waals surface area contributed by atoms with Gasteiger partial charge in [-0.3, -0.25) is 14.4 Å². The maximum absolute atomic E-state index is 12.6. The van der Waals surface area contributed by atoms with E-state index < -0.39 is 12.3 Å². The van der Waals surface area contributed by atoms with Crippen molar-refractivity contribution in [3.63, 3.8) is 0 Å². The lowest BCUT2D eigenvalue weighted by atomic mass is 9.80. The summed E-state index contributed by atoms with van der Waals surface area (Å²) >= 11 is 1.05. The molecule has 2 atom stereocenters. The van der Waals surface area contributed by atoms with E-state index in [1.165, 1.54) is 30.3 Å². The molecule has 1 saturated heterocycles. The Morgan fingerprint density at radius 2 is 1.79 bits per heavy atom. The number of amides is 1. The van der Waals surface area contributed by atoms with Gasteiger partial charge in [-0.25, -0.2) is 0 Å². The minimum atomic E-state index is -4.78. The molecule has 0 unspecified atom stereocenters. The number of carbonyl (C=O) groups is 2. The summed E-state index contributed by atoms with van der Waals surface area (Å²) in [7, 11) is 0. The number of aliphatic carboxylic acids is 1. The molecule has 11 heteroatoms. The van der Waals surface area contributed by atoms with Crippen LogP contribution in [0.1, 0.15) is 18.0 Å². The van der Waals surface area contributed by atoms with Gasteiger partial charge in [-0.2, -0.15) is 0 Å². The summed E-state index contributed by atoms with van der Waals surface area (Å²) in [6.45, 7) is 1.34. The molecule has 2 aliphatic rings. The fourth-order valence-corrected chi connectivity index (χ4v) is 5.25. The Bertz CT molecular complexity index is 1120. The standard InChI is InChI=1S/C22H21F3N2O5S/c23-22(24,25)32-16-3-1-14(2-4-16)17-5-6-18(28)27-9-13-7-15(21(17)27)10-26(8-13)19(29)11-33-12-20(30)31/h1-6,13,15H,7-12H2,(H,30,31)/t13-,15+/m0/s1. The van der Waals surface area contributed by atoms with E-state index in [0.29, 0.717) is 25.2 Å². The van der Waals surface area contributed by atoms with Gasteiger partial charge in [0.1, 0.15) is 5.75 Å². The normalized spacial score (nSPS) is 19.7. The highest BCUT2D eigenvalue weighted by molar-refractivity contribution is 8.00. The molecule has 0 aliphatic carbocycles. The van der Waals surface area contributed by atoms with Crippen molar-refractivity contribution in [1.29, 1.82) is 0 Å². The Labute approximate surface area is 191 Å². The molecule has 176 valence electrons. The molecule has 1 aromatic carbocycles. The molecule has 3 heterocycles. The quantitative estimate of drug-likeness (QED) is 0.681. The molecule has 0 saturated carbocycles. The second kappa shape index (κ2) is 9.12. The van der Waals surface area contributed by atoms with E-state index in [4.69, 9.17) is 5.11 Å². The van der Waals surface area contributed by atoms with Crippen LogP contribution in [0.3, 0.4) is 0 Å². The van der Waals surface area contributed by atoms with E-state index >= 15 is 0 Å². The highest BCUT2D eigenvalue weighted by Crippen LogP contribution is 2.40. The topological polar surface area (TPSA) is 88.8 Å². The Morgan fingerprint density at radius 3 is 2.45 bits per heavy atom. The summed E-state index contributed by atoms with van der Waals surface area (Å²) in [5.41, 5.74) is 1.98. The first-order valence-electron chi connectivity index (χ1n) is 10.3. The van der Waals surface area contributed by atoms with Crippen molar-refractivity contribution in [2.45, 2.75) is 25.2 Å². The Hall–Kier alpha value is -2.95. The fourth-order valence-electron chi connectivity index (χ4n) is 4.62. The highest BCUT2D eigenvalue weighted by atomic mass is 32.2. The summed E-state index contributed by atoms with van der Waals surface area (Å²) in [5.74, 6) is -1.54. The number of carbonyl (C=O) groups excluding carboxylic acids is 1. The predicted octanol–water partition coefficient (Wildman–Crippen LogP) is 3.18. The molecule has 2 aliphatic heterocycles. The molecule has 4 rings (SSSR count). The maximum atomic E-state index is 12.6. The highest BCUT2D eigenvalue weighted by Gasteiger charge is 2.38. The number of alkyl halides is 3. The van der Waals surface area contributed by atoms with Crippen molar-refractivity contribution in [1.82, 2.24) is 9.47 Å². The van der Waals surface area contributed by atoms with Gasteiger partial charge in [0.05, 0.1) is 11.5 Å². The first-order valence-corrected chi connectivity index (χ1v) is 11.4. The average molecular weight is 482 g/mol. The van der Waals surface area contributed by atoms with Gasteiger partial charge in [0.15, 0.2) is 0 Å². The zero-order valence-electron chi connectivity index (χ0n) is 17.4. The van der Waals surface area contributed by atoms with Gasteiger partial charge < -0.3 is 19.3 Å². The molecular weight excluding hydrogens is 461 g/mol. The minimum absolute atomic E-state index is 0.0703. The van der Waals surface area contributed by atoms with Crippen molar-refractivity contribution in [2.24, 2.45) is 5.92 Å². The van der Waals surface area contributed by atoms with Crippen LogP contribution in [0.5, 0.6) is 5.75 Å². The number of pyridine rings is 1. The number of benzene rings is 1. The lowest BCUT2D eigenvalue weighted by molar-refractivity contribution is -0.274. The lowest BCUT2D eigenvalue weighted by Crippen LogP contribution is -2.49. The van der Waals surface area contributed by atoms with Gasteiger partial charge in [-0.15, -0.1) is 24.9 Å². The van der Waals surface area contributed by atoms with Crippen LogP contribution < -0.4 is 10.3 Å². The van der Waals surface area contributed by atoms with Gasteiger partial charge in [-0.1, -0.05) is 12.1 Å². The first-order chi connectivity index (χ1) is 15.6. The van der Waals surface area contributed by atoms with E-state index in [1.54, 1.807) is 15.5 Å². The Morgan fingerprint density at radius 1 is 1.06 bits per heavy atom. The van der Waals surface area contributed by atoms with Crippen molar-refractivity contribution >= 4 is 23.6 Å². The number of hydrogen-bond donors (Lipinski definition) is 1. The van der Waals surface area contributed by atoms with Crippen LogP contribution in [0.25, 0.3) is 11.1 Å². The summed E-state index contributed by atoms with van der Waals surface area (Å²) in [5, 5.41) is 8.77. The summed E-state index contributed by atoms with van der Waals surface area (Å²) < 4.78 is 43.1. The SMILES string of the molecule is O=C(O)CSCC(=O)N1C[C@@H]2C[C@H](C1)c1c(-c3ccc(OC(F)(F)F)cc3)ccc(=O)n1C2. The predicted molar refractivity (Wildman–Crippen MR) is 115 cm³/mol. The van der Waals surface area contributed by atoms with Crippen LogP contribution >= 0.6 is 11.8 Å². The van der Waals surface area contributed by atoms with Gasteiger partial charge >= 0.3 is 12.3 Å². The van der Waals surface area contributed by atoms with Gasteiger partial charge in [0, 0.05) is 42.9 Å². The molecule has 0 spiro atoms. The smallest absolute Gasteiger partial charge is 0.481 e. The molecular formula is C22H21F3N2O5S. The van der Waals surface area contributed by atoms with Gasteiger partial charge in [0.2, 0.25) is 5.91 Å². The third-order valence-electron chi connectivity index (χ3n) is 5.79. The Balaban J connectivity index is 1.60. The van der Waals surface area contributed by atoms with Crippen LogP contribution in [0, 0.1) is 5.92 Å². The number of carboxylic acid groups (broad SMARTS) is 1. The number of aromatic nitrogens is 1. The third-order valence-corrected chi connectivity index (χ3v) is 6.69. The van der Waals surface area contributed by atoms with Crippen molar-refractivity contribution in [3.8, 4) is 16.9 Å². The molecule has 7 nitrogen and oxygen atoms in total. The number of fused-ring (bicyclic) bond motifs is 4. The number of halogens is 3. The minimum Gasteiger partial charge on any atom is -0.481 e. The number of thioether (sulfide) groups is 1. The number of piperidine rings is 1. The molecule has 0 radical (unpaired) electrons. The average Bonchev–Trinajstić information content (AvgIpc) is 2.73. The van der Waals surface area contributed by atoms with E-state index in [1.807, 2.05) is 0 Å². The molecule has 1 N–H and O–H groups in total. The van der Waals surface area contributed by atoms with E-state index in [9.17, 15) is 27.6 Å². The van der Waals surface area contributed by atoms with Gasteiger partial charge in [-0.05, 0) is 36.1 Å². The summed E-state index contributed by atoms with van der Waals surface area (Å²) in [4.78, 5) is 37.6. The number of hydrogen-bond acceptors (Lipinski definition) is 5. The largest absolute Gasteiger partial charge is 0.573 e. The fraction of sp³-hybridized carbons (Fsp3) is 0.409. The van der Waals surface area contributed by atoms with Crippen LogP contribution in [-0.4, -0.2) is 57.4 Å². The second-order valence-electron chi connectivity index (χ2n) is 8.14. The van der Waals surface area contributed by atoms with Crippen LogP contribution in [0.15, 0.2) is 41.2 Å². The summed E-state index contributed by atoms with van der Waals surface area (Å²) in [6.07, 6.45) is -3.99. The third kappa shape index (κ3) is 5.35. The maximum Gasteiger partial charge on any atom is 0.573 e. The van der Waals surface area contributed by atoms with Crippen molar-refractivity contribution in [2.75, 3.05) is 24.6 Å². The molecule has 33 heavy (non-hydrogen) atoms. The van der Waals surface area contributed by atoms with Crippen LogP contribution in [-0.2, 0) is 16.1 Å². The molecule has 1 aromatic heterocycles. The monoisotopic (exact) mass is 482 g/mol. The summed E-state index contributed by atoms with van der Waals surface area (Å²) in [6, 6.07) is 8.60. The molecule has 2 aromatic rings. The molecule has 2 bridgehead atoms. The number of rotatable bonds is 6. The first kappa shape index (κ1) is 23.2.